The highest BCUT2D eigenvalue weighted by Gasteiger charge is 2.01. The fourth-order valence-corrected chi connectivity index (χ4v) is 2.21. The highest BCUT2D eigenvalue weighted by atomic mass is 32.1. The number of ether oxygens (including phenoxy) is 1. The SMILES string of the molecule is CCOCCCCNCCN(C)Cc1cscn1. The number of thiazole rings is 1. The first kappa shape index (κ1) is 15.6. The molecule has 0 amide bonds. The van der Waals surface area contributed by atoms with Crippen molar-refractivity contribution in [1.29, 1.82) is 0 Å². The molecule has 0 unspecified atom stereocenters. The van der Waals surface area contributed by atoms with E-state index in [1.165, 1.54) is 12.1 Å². The summed E-state index contributed by atoms with van der Waals surface area (Å²) in [4.78, 5) is 6.58. The van der Waals surface area contributed by atoms with E-state index in [1.807, 2.05) is 12.4 Å². The molecule has 0 aliphatic rings. The lowest BCUT2D eigenvalue weighted by Crippen LogP contribution is -2.29. The largest absolute Gasteiger partial charge is 0.382 e. The minimum Gasteiger partial charge on any atom is -0.382 e. The first-order valence-corrected chi connectivity index (χ1v) is 7.61. The average Bonchev–Trinajstić information content (AvgIpc) is 2.85. The maximum Gasteiger partial charge on any atom is 0.0795 e. The number of nitrogens with one attached hydrogen (secondary N) is 1. The number of likely N-dealkylation sites (N-methyl/N-ethyl adjacent to an activating group) is 1. The van der Waals surface area contributed by atoms with Crippen molar-refractivity contribution < 1.29 is 4.74 Å². The molecule has 0 atom stereocenters. The van der Waals surface area contributed by atoms with Gasteiger partial charge in [-0.1, -0.05) is 0 Å². The van der Waals surface area contributed by atoms with E-state index in [4.69, 9.17) is 4.74 Å². The Hall–Kier alpha value is -0.490. The predicted octanol–water partition coefficient (Wildman–Crippen LogP) is 1.98. The van der Waals surface area contributed by atoms with Crippen LogP contribution in [-0.4, -0.2) is 49.8 Å². The Morgan fingerprint density at radius 3 is 3.00 bits per heavy atom. The Labute approximate surface area is 114 Å². The highest BCUT2D eigenvalue weighted by Crippen LogP contribution is 2.03. The van der Waals surface area contributed by atoms with Crippen LogP contribution in [-0.2, 0) is 11.3 Å². The van der Waals surface area contributed by atoms with Crippen LogP contribution in [0.15, 0.2) is 10.9 Å². The highest BCUT2D eigenvalue weighted by molar-refractivity contribution is 7.07. The molecule has 104 valence electrons. The lowest BCUT2D eigenvalue weighted by molar-refractivity contribution is 0.143. The maximum atomic E-state index is 5.30. The van der Waals surface area contributed by atoms with Crippen molar-refractivity contribution in [3.8, 4) is 0 Å². The van der Waals surface area contributed by atoms with Gasteiger partial charge in [-0.05, 0) is 33.4 Å². The van der Waals surface area contributed by atoms with Crippen molar-refractivity contribution in [3.63, 3.8) is 0 Å². The molecular formula is C13H25N3OS. The van der Waals surface area contributed by atoms with E-state index in [0.717, 1.165) is 45.8 Å². The molecule has 1 heterocycles. The van der Waals surface area contributed by atoms with Crippen LogP contribution >= 0.6 is 11.3 Å². The zero-order chi connectivity index (χ0) is 13.1. The topological polar surface area (TPSA) is 37.4 Å². The lowest BCUT2D eigenvalue weighted by atomic mass is 10.3. The van der Waals surface area contributed by atoms with Crippen LogP contribution in [0.4, 0.5) is 0 Å². The van der Waals surface area contributed by atoms with Gasteiger partial charge in [0, 0.05) is 38.2 Å². The van der Waals surface area contributed by atoms with Gasteiger partial charge in [-0.3, -0.25) is 4.90 Å². The molecule has 0 radical (unpaired) electrons. The van der Waals surface area contributed by atoms with Crippen LogP contribution in [0.2, 0.25) is 0 Å². The lowest BCUT2D eigenvalue weighted by Gasteiger charge is -2.15. The minimum atomic E-state index is 0.828. The van der Waals surface area contributed by atoms with Gasteiger partial charge in [0.2, 0.25) is 0 Å². The molecule has 1 N–H and O–H groups in total. The number of rotatable bonds is 11. The smallest absolute Gasteiger partial charge is 0.0795 e. The van der Waals surface area contributed by atoms with E-state index >= 15 is 0 Å². The van der Waals surface area contributed by atoms with Crippen LogP contribution in [0.25, 0.3) is 0 Å². The minimum absolute atomic E-state index is 0.828. The van der Waals surface area contributed by atoms with E-state index in [2.05, 4.69) is 27.6 Å². The molecule has 0 saturated heterocycles. The van der Waals surface area contributed by atoms with E-state index in [1.54, 1.807) is 11.3 Å². The quantitative estimate of drug-likeness (QED) is 0.625. The Balaban J connectivity index is 1.88. The van der Waals surface area contributed by atoms with Gasteiger partial charge in [0.25, 0.3) is 0 Å². The third-order valence-electron chi connectivity index (χ3n) is 2.68. The normalized spacial score (nSPS) is 11.3. The molecule has 0 spiro atoms. The molecule has 4 nitrogen and oxygen atoms in total. The number of hydrogen-bond acceptors (Lipinski definition) is 5. The van der Waals surface area contributed by atoms with Crippen molar-refractivity contribution in [1.82, 2.24) is 15.2 Å². The van der Waals surface area contributed by atoms with Gasteiger partial charge in [0.1, 0.15) is 0 Å². The molecule has 0 aliphatic heterocycles. The van der Waals surface area contributed by atoms with Crippen molar-refractivity contribution in [2.45, 2.75) is 26.3 Å². The maximum absolute atomic E-state index is 5.30. The fourth-order valence-electron chi connectivity index (χ4n) is 1.66. The van der Waals surface area contributed by atoms with Crippen LogP contribution in [0, 0.1) is 0 Å². The van der Waals surface area contributed by atoms with E-state index in [0.29, 0.717) is 0 Å². The second-order valence-corrected chi connectivity index (χ2v) is 5.09. The van der Waals surface area contributed by atoms with E-state index in [9.17, 15) is 0 Å². The number of unbranched alkanes of at least 4 members (excludes halogenated alkanes) is 1. The average molecular weight is 271 g/mol. The van der Waals surface area contributed by atoms with Gasteiger partial charge in [-0.2, -0.15) is 0 Å². The second-order valence-electron chi connectivity index (χ2n) is 4.37. The Bertz CT molecular complexity index is 280. The summed E-state index contributed by atoms with van der Waals surface area (Å²) in [6.07, 6.45) is 2.34. The molecule has 0 aromatic carbocycles. The monoisotopic (exact) mass is 271 g/mol. The van der Waals surface area contributed by atoms with Crippen LogP contribution in [0.1, 0.15) is 25.5 Å². The Morgan fingerprint density at radius 1 is 1.39 bits per heavy atom. The summed E-state index contributed by atoms with van der Waals surface area (Å²) in [6.45, 7) is 7.87. The molecule has 0 saturated carbocycles. The van der Waals surface area contributed by atoms with E-state index < -0.39 is 0 Å². The summed E-state index contributed by atoms with van der Waals surface area (Å²) in [5.41, 5.74) is 3.05. The first-order chi connectivity index (χ1) is 8.83. The van der Waals surface area contributed by atoms with Crippen molar-refractivity contribution >= 4 is 11.3 Å². The molecule has 1 rings (SSSR count). The fraction of sp³-hybridized carbons (Fsp3) is 0.769. The van der Waals surface area contributed by atoms with Crippen molar-refractivity contribution in [2.24, 2.45) is 0 Å². The number of nitrogens with zero attached hydrogens (tertiary/aromatic N) is 2. The standard InChI is InChI=1S/C13H25N3OS/c1-3-17-9-5-4-6-14-7-8-16(2)10-13-11-18-12-15-13/h11-12,14H,3-10H2,1-2H3. The van der Waals surface area contributed by atoms with Crippen LogP contribution < -0.4 is 5.32 Å². The van der Waals surface area contributed by atoms with Gasteiger partial charge < -0.3 is 10.1 Å². The summed E-state index contributed by atoms with van der Waals surface area (Å²) in [6, 6.07) is 0. The summed E-state index contributed by atoms with van der Waals surface area (Å²) >= 11 is 1.66. The number of aromatic nitrogens is 1. The molecule has 18 heavy (non-hydrogen) atoms. The summed E-state index contributed by atoms with van der Waals surface area (Å²) in [5.74, 6) is 0. The van der Waals surface area contributed by atoms with Gasteiger partial charge in [-0.25, -0.2) is 4.98 Å². The van der Waals surface area contributed by atoms with Crippen molar-refractivity contribution in [3.05, 3.63) is 16.6 Å². The Morgan fingerprint density at radius 2 is 2.28 bits per heavy atom. The predicted molar refractivity (Wildman–Crippen MR) is 77.0 cm³/mol. The van der Waals surface area contributed by atoms with Gasteiger partial charge in [0.15, 0.2) is 0 Å². The van der Waals surface area contributed by atoms with E-state index in [-0.39, 0.29) is 0 Å². The van der Waals surface area contributed by atoms with Gasteiger partial charge in [0.05, 0.1) is 11.2 Å². The Kier molecular flexibility index (Phi) is 9.02. The molecule has 0 fully saturated rings. The van der Waals surface area contributed by atoms with Crippen LogP contribution in [0.3, 0.4) is 0 Å². The zero-order valence-electron chi connectivity index (χ0n) is 11.5. The molecule has 1 aromatic heterocycles. The molecular weight excluding hydrogens is 246 g/mol. The second kappa shape index (κ2) is 10.4. The first-order valence-electron chi connectivity index (χ1n) is 6.67. The summed E-state index contributed by atoms with van der Waals surface area (Å²) in [5, 5.41) is 5.57. The number of hydrogen-bond donors (Lipinski definition) is 1. The molecule has 0 aliphatic carbocycles. The molecule has 5 heteroatoms. The summed E-state index contributed by atoms with van der Waals surface area (Å²) < 4.78 is 5.30. The molecule has 0 bridgehead atoms. The van der Waals surface area contributed by atoms with Gasteiger partial charge >= 0.3 is 0 Å². The summed E-state index contributed by atoms with van der Waals surface area (Å²) in [7, 11) is 2.14. The molecule has 1 aromatic rings. The third-order valence-corrected chi connectivity index (χ3v) is 3.32. The zero-order valence-corrected chi connectivity index (χ0v) is 12.3. The van der Waals surface area contributed by atoms with Crippen molar-refractivity contribution in [2.75, 3.05) is 39.9 Å². The van der Waals surface area contributed by atoms with Crippen LogP contribution in [0.5, 0.6) is 0 Å². The van der Waals surface area contributed by atoms with Gasteiger partial charge in [-0.15, -0.1) is 11.3 Å². The third kappa shape index (κ3) is 7.76.